The molecule has 0 saturated heterocycles. The highest BCUT2D eigenvalue weighted by atomic mass is 16.4. The Kier molecular flexibility index (Phi) is 2.69. The lowest BCUT2D eigenvalue weighted by Crippen LogP contribution is -2.31. The van der Waals surface area contributed by atoms with E-state index in [0.29, 0.717) is 11.4 Å². The summed E-state index contributed by atoms with van der Waals surface area (Å²) < 4.78 is 1.16. The first-order valence-corrected chi connectivity index (χ1v) is 4.23. The normalized spacial score (nSPS) is 12.5. The van der Waals surface area contributed by atoms with Gasteiger partial charge in [-0.15, -0.1) is 0 Å². The molecule has 0 aliphatic heterocycles. The lowest BCUT2D eigenvalue weighted by atomic mass is 10.3. The van der Waals surface area contributed by atoms with E-state index in [2.05, 4.69) is 4.98 Å². The molecule has 0 fully saturated rings. The van der Waals surface area contributed by atoms with Crippen molar-refractivity contribution in [3.63, 3.8) is 0 Å². The van der Waals surface area contributed by atoms with Gasteiger partial charge in [0.05, 0.1) is 0 Å². The van der Waals surface area contributed by atoms with Gasteiger partial charge >= 0.3 is 11.7 Å². The summed E-state index contributed by atoms with van der Waals surface area (Å²) in [6.45, 7) is 4.84. The lowest BCUT2D eigenvalue weighted by Gasteiger charge is -2.13. The van der Waals surface area contributed by atoms with Crippen LogP contribution >= 0.6 is 0 Å². The molecular weight excluding hydrogens is 184 g/mol. The van der Waals surface area contributed by atoms with Gasteiger partial charge in [-0.3, -0.25) is 4.57 Å². The van der Waals surface area contributed by atoms with Gasteiger partial charge in [0.2, 0.25) is 0 Å². The van der Waals surface area contributed by atoms with Crippen molar-refractivity contribution in [1.29, 1.82) is 0 Å². The maximum Gasteiger partial charge on any atom is 0.348 e. The number of nitrogens with zero attached hydrogens (tertiary/aromatic N) is 2. The van der Waals surface area contributed by atoms with Gasteiger partial charge in [0.1, 0.15) is 6.04 Å². The van der Waals surface area contributed by atoms with Gasteiger partial charge in [0.25, 0.3) is 0 Å². The average Bonchev–Trinajstić information content (AvgIpc) is 2.01. The number of carbonyl (C=O) groups is 1. The molecule has 1 rings (SSSR count). The van der Waals surface area contributed by atoms with Crippen LogP contribution in [0, 0.1) is 13.8 Å². The van der Waals surface area contributed by atoms with E-state index in [1.54, 1.807) is 19.9 Å². The van der Waals surface area contributed by atoms with Crippen LogP contribution in [-0.4, -0.2) is 20.6 Å². The highest BCUT2D eigenvalue weighted by Gasteiger charge is 2.16. The third-order valence-corrected chi connectivity index (χ3v) is 2.02. The maximum absolute atomic E-state index is 11.4. The fraction of sp³-hybridized carbons (Fsp3) is 0.444. The number of carboxylic acids is 1. The smallest absolute Gasteiger partial charge is 0.348 e. The van der Waals surface area contributed by atoms with Crippen molar-refractivity contribution in [1.82, 2.24) is 9.55 Å². The topological polar surface area (TPSA) is 72.2 Å². The fourth-order valence-electron chi connectivity index (χ4n) is 1.34. The van der Waals surface area contributed by atoms with Crippen molar-refractivity contribution < 1.29 is 9.90 Å². The van der Waals surface area contributed by atoms with Gasteiger partial charge in [-0.1, -0.05) is 0 Å². The van der Waals surface area contributed by atoms with E-state index < -0.39 is 17.7 Å². The summed E-state index contributed by atoms with van der Waals surface area (Å²) in [5, 5.41) is 8.77. The number of aromatic nitrogens is 2. The molecule has 14 heavy (non-hydrogen) atoms. The minimum absolute atomic E-state index is 0.516. The molecule has 0 aliphatic carbocycles. The van der Waals surface area contributed by atoms with Gasteiger partial charge in [0.15, 0.2) is 0 Å². The molecule has 1 heterocycles. The van der Waals surface area contributed by atoms with E-state index >= 15 is 0 Å². The zero-order valence-electron chi connectivity index (χ0n) is 8.31. The van der Waals surface area contributed by atoms with Crippen molar-refractivity contribution in [3.8, 4) is 0 Å². The number of aliphatic carboxylic acids is 1. The van der Waals surface area contributed by atoms with E-state index in [0.717, 1.165) is 4.57 Å². The quantitative estimate of drug-likeness (QED) is 0.747. The SMILES string of the molecule is Cc1cc(C)n(C(C)C(=O)O)c(=O)n1. The molecule has 0 aromatic carbocycles. The Morgan fingerprint density at radius 2 is 2.14 bits per heavy atom. The average molecular weight is 196 g/mol. The van der Waals surface area contributed by atoms with Crippen molar-refractivity contribution in [2.45, 2.75) is 26.8 Å². The van der Waals surface area contributed by atoms with Crippen LogP contribution in [0.1, 0.15) is 24.4 Å². The highest BCUT2D eigenvalue weighted by Crippen LogP contribution is 2.06. The van der Waals surface area contributed by atoms with Crippen LogP contribution in [0.5, 0.6) is 0 Å². The molecule has 0 saturated carbocycles. The van der Waals surface area contributed by atoms with Crippen LogP contribution in [0.3, 0.4) is 0 Å². The molecule has 0 radical (unpaired) electrons. The molecule has 1 N–H and O–H groups in total. The summed E-state index contributed by atoms with van der Waals surface area (Å²) in [7, 11) is 0. The number of rotatable bonds is 2. The van der Waals surface area contributed by atoms with Gasteiger partial charge in [0, 0.05) is 11.4 Å². The summed E-state index contributed by atoms with van der Waals surface area (Å²) in [6.07, 6.45) is 0. The second-order valence-electron chi connectivity index (χ2n) is 3.21. The third-order valence-electron chi connectivity index (χ3n) is 2.02. The van der Waals surface area contributed by atoms with Crippen LogP contribution < -0.4 is 5.69 Å². The van der Waals surface area contributed by atoms with Crippen molar-refractivity contribution >= 4 is 5.97 Å². The summed E-state index contributed by atoms with van der Waals surface area (Å²) in [5.41, 5.74) is 0.691. The molecule has 0 bridgehead atoms. The molecule has 1 aromatic rings. The molecule has 1 atom stereocenters. The van der Waals surface area contributed by atoms with Crippen LogP contribution in [0.2, 0.25) is 0 Å². The van der Waals surface area contributed by atoms with Gasteiger partial charge in [-0.25, -0.2) is 9.59 Å². The van der Waals surface area contributed by atoms with E-state index in [4.69, 9.17) is 5.11 Å². The van der Waals surface area contributed by atoms with E-state index in [1.165, 1.54) is 6.92 Å². The van der Waals surface area contributed by atoms with E-state index in [-0.39, 0.29) is 0 Å². The largest absolute Gasteiger partial charge is 0.480 e. The highest BCUT2D eigenvalue weighted by molar-refractivity contribution is 5.71. The summed E-state index contributed by atoms with van der Waals surface area (Å²) >= 11 is 0. The summed E-state index contributed by atoms with van der Waals surface area (Å²) in [6, 6.07) is 0.802. The molecule has 0 amide bonds. The second kappa shape index (κ2) is 3.61. The molecule has 5 heteroatoms. The number of aryl methyl sites for hydroxylation is 2. The van der Waals surface area contributed by atoms with Gasteiger partial charge < -0.3 is 5.11 Å². The Morgan fingerprint density at radius 3 is 2.57 bits per heavy atom. The minimum atomic E-state index is -1.04. The molecule has 0 aliphatic rings. The van der Waals surface area contributed by atoms with Crippen LogP contribution in [0.15, 0.2) is 10.9 Å². The van der Waals surface area contributed by atoms with Crippen LogP contribution in [0.4, 0.5) is 0 Å². The Balaban J connectivity index is 3.35. The number of hydrogen-bond donors (Lipinski definition) is 1. The predicted octanol–water partition coefficient (Wildman–Crippen LogP) is 0.506. The number of hydrogen-bond acceptors (Lipinski definition) is 3. The molecule has 1 aromatic heterocycles. The van der Waals surface area contributed by atoms with Crippen molar-refractivity contribution in [3.05, 3.63) is 27.9 Å². The first-order chi connectivity index (χ1) is 6.43. The minimum Gasteiger partial charge on any atom is -0.480 e. The van der Waals surface area contributed by atoms with Crippen LogP contribution in [0.25, 0.3) is 0 Å². The maximum atomic E-state index is 11.4. The second-order valence-corrected chi connectivity index (χ2v) is 3.21. The number of carboxylic acid groups (broad SMARTS) is 1. The van der Waals surface area contributed by atoms with Crippen molar-refractivity contribution in [2.24, 2.45) is 0 Å². The Hall–Kier alpha value is -1.65. The fourth-order valence-corrected chi connectivity index (χ4v) is 1.34. The van der Waals surface area contributed by atoms with E-state index in [1.807, 2.05) is 0 Å². The first kappa shape index (κ1) is 10.4. The van der Waals surface area contributed by atoms with Gasteiger partial charge in [-0.2, -0.15) is 4.98 Å². The predicted molar refractivity (Wildman–Crippen MR) is 50.3 cm³/mol. The Bertz CT molecular complexity index is 423. The van der Waals surface area contributed by atoms with Gasteiger partial charge in [-0.05, 0) is 26.8 Å². The molecule has 76 valence electrons. The molecule has 5 nitrogen and oxygen atoms in total. The van der Waals surface area contributed by atoms with Crippen molar-refractivity contribution in [2.75, 3.05) is 0 Å². The Labute approximate surface area is 81.0 Å². The zero-order valence-corrected chi connectivity index (χ0v) is 8.31. The monoisotopic (exact) mass is 196 g/mol. The standard InChI is InChI=1S/C9H12N2O3/c1-5-4-6(2)11(9(14)10-5)7(3)8(12)13/h4,7H,1-3H3,(H,12,13). The molecular formula is C9H12N2O3. The van der Waals surface area contributed by atoms with Crippen LogP contribution in [-0.2, 0) is 4.79 Å². The zero-order chi connectivity index (χ0) is 10.9. The lowest BCUT2D eigenvalue weighted by molar-refractivity contribution is -0.140. The van der Waals surface area contributed by atoms with E-state index in [9.17, 15) is 9.59 Å². The summed E-state index contributed by atoms with van der Waals surface area (Å²) in [4.78, 5) is 25.8. The molecule has 1 unspecified atom stereocenters. The Morgan fingerprint density at radius 1 is 1.57 bits per heavy atom. The first-order valence-electron chi connectivity index (χ1n) is 4.23. The molecule has 0 spiro atoms. The summed E-state index contributed by atoms with van der Waals surface area (Å²) in [5.74, 6) is -1.04. The third kappa shape index (κ3) is 1.81.